The number of fused-ring (bicyclic) bond motifs is 1. The fourth-order valence-electron chi connectivity index (χ4n) is 5.05. The molecule has 2 saturated heterocycles. The van der Waals surface area contributed by atoms with Crippen LogP contribution in [0.2, 0.25) is 5.02 Å². The highest BCUT2D eigenvalue weighted by Gasteiger charge is 2.25. The minimum Gasteiger partial charge on any atom is -0.379 e. The molecule has 3 aromatic rings. The van der Waals surface area contributed by atoms with Gasteiger partial charge in [0.15, 0.2) is 0 Å². The van der Waals surface area contributed by atoms with E-state index in [9.17, 15) is 4.79 Å². The second-order valence-electron chi connectivity index (χ2n) is 9.13. The van der Waals surface area contributed by atoms with E-state index in [0.29, 0.717) is 36.9 Å². The number of hydrogen-bond acceptors (Lipinski definition) is 4. The van der Waals surface area contributed by atoms with Crippen molar-refractivity contribution >= 4 is 34.0 Å². The van der Waals surface area contributed by atoms with Crippen molar-refractivity contribution < 1.29 is 9.53 Å². The van der Waals surface area contributed by atoms with Crippen molar-refractivity contribution in [3.8, 4) is 0 Å². The molecule has 0 bridgehead atoms. The first-order chi connectivity index (χ1) is 16.2. The quantitative estimate of drug-likeness (QED) is 0.532. The van der Waals surface area contributed by atoms with Gasteiger partial charge in [0, 0.05) is 55.4 Å². The third-order valence-corrected chi connectivity index (χ3v) is 7.09. The van der Waals surface area contributed by atoms with Crippen LogP contribution >= 0.6 is 11.6 Å². The lowest BCUT2D eigenvalue weighted by atomic mass is 9.96. The van der Waals surface area contributed by atoms with Crippen molar-refractivity contribution in [1.29, 1.82) is 0 Å². The number of carbonyl (C=O) groups is 1. The standard InChI is InChI=1S/C27H30ClN3O2/c28-25-9-8-21(15-26(25)30-10-4-1-5-11-30)27(32)31-12-13-33-19-20(18-31)14-23-17-29-16-22-6-2-3-7-24(22)23/h2-3,6-9,15-17,20H,1,4-5,10-14,18-19H2/t20-/m0/s1. The molecule has 172 valence electrons. The molecule has 3 heterocycles. The maximum absolute atomic E-state index is 13.5. The van der Waals surface area contributed by atoms with E-state index in [1.54, 1.807) is 0 Å². The van der Waals surface area contributed by atoms with Gasteiger partial charge in [-0.25, -0.2) is 0 Å². The minimum atomic E-state index is 0.0523. The number of pyridine rings is 1. The van der Waals surface area contributed by atoms with Gasteiger partial charge >= 0.3 is 0 Å². The Morgan fingerprint density at radius 1 is 1.06 bits per heavy atom. The van der Waals surface area contributed by atoms with E-state index in [-0.39, 0.29) is 11.8 Å². The summed E-state index contributed by atoms with van der Waals surface area (Å²) in [5, 5.41) is 3.08. The van der Waals surface area contributed by atoms with Gasteiger partial charge in [0.05, 0.1) is 23.9 Å². The van der Waals surface area contributed by atoms with E-state index in [4.69, 9.17) is 16.3 Å². The molecule has 6 heteroatoms. The molecule has 0 radical (unpaired) electrons. The fraction of sp³-hybridized carbons (Fsp3) is 0.407. The molecule has 2 aliphatic heterocycles. The molecular formula is C27H30ClN3O2. The predicted octanol–water partition coefficient (Wildman–Crippen LogP) is 5.21. The highest BCUT2D eigenvalue weighted by atomic mass is 35.5. The summed E-state index contributed by atoms with van der Waals surface area (Å²) in [6.45, 7) is 4.47. The summed E-state index contributed by atoms with van der Waals surface area (Å²) in [6.07, 6.45) is 8.28. The average molecular weight is 464 g/mol. The second-order valence-corrected chi connectivity index (χ2v) is 9.54. The largest absolute Gasteiger partial charge is 0.379 e. The van der Waals surface area contributed by atoms with Gasteiger partial charge in [0.2, 0.25) is 0 Å². The van der Waals surface area contributed by atoms with E-state index in [2.05, 4.69) is 28.1 Å². The van der Waals surface area contributed by atoms with Crippen LogP contribution in [0.5, 0.6) is 0 Å². The van der Waals surface area contributed by atoms with E-state index in [1.807, 2.05) is 41.6 Å². The lowest BCUT2D eigenvalue weighted by Gasteiger charge is -2.30. The van der Waals surface area contributed by atoms with Crippen LogP contribution in [0.1, 0.15) is 35.2 Å². The van der Waals surface area contributed by atoms with Crippen LogP contribution < -0.4 is 4.90 Å². The van der Waals surface area contributed by atoms with Crippen LogP contribution in [-0.2, 0) is 11.2 Å². The molecule has 2 fully saturated rings. The third-order valence-electron chi connectivity index (χ3n) is 6.77. The molecule has 0 saturated carbocycles. The third kappa shape index (κ3) is 4.99. The van der Waals surface area contributed by atoms with Crippen molar-refractivity contribution in [2.75, 3.05) is 44.3 Å². The van der Waals surface area contributed by atoms with Crippen molar-refractivity contribution in [2.24, 2.45) is 5.92 Å². The summed E-state index contributed by atoms with van der Waals surface area (Å²) >= 11 is 6.51. The van der Waals surface area contributed by atoms with E-state index >= 15 is 0 Å². The normalized spacial score (nSPS) is 19.5. The molecular weight excluding hydrogens is 434 g/mol. The van der Waals surface area contributed by atoms with Crippen molar-refractivity contribution in [3.63, 3.8) is 0 Å². The molecule has 2 aliphatic rings. The van der Waals surface area contributed by atoms with Crippen molar-refractivity contribution in [1.82, 2.24) is 9.88 Å². The molecule has 1 atom stereocenters. The maximum Gasteiger partial charge on any atom is 0.254 e. The summed E-state index contributed by atoms with van der Waals surface area (Å²) in [4.78, 5) is 22.2. The average Bonchev–Trinajstić information content (AvgIpc) is 3.10. The topological polar surface area (TPSA) is 45.7 Å². The molecule has 2 aromatic carbocycles. The Morgan fingerprint density at radius 2 is 1.91 bits per heavy atom. The van der Waals surface area contributed by atoms with Crippen LogP contribution in [0.25, 0.3) is 10.8 Å². The second kappa shape index (κ2) is 10.1. The lowest BCUT2D eigenvalue weighted by Crippen LogP contribution is -2.36. The number of anilines is 1. The van der Waals surface area contributed by atoms with Gasteiger partial charge < -0.3 is 14.5 Å². The van der Waals surface area contributed by atoms with Gasteiger partial charge in [0.1, 0.15) is 0 Å². The summed E-state index contributed by atoms with van der Waals surface area (Å²) in [7, 11) is 0. The Labute approximate surface area is 200 Å². The Hall–Kier alpha value is -2.63. The first kappa shape index (κ1) is 22.2. The van der Waals surface area contributed by atoms with Gasteiger partial charge in [-0.1, -0.05) is 35.9 Å². The Kier molecular flexibility index (Phi) is 6.79. The zero-order chi connectivity index (χ0) is 22.6. The molecule has 5 nitrogen and oxygen atoms in total. The van der Waals surface area contributed by atoms with Gasteiger partial charge in [-0.05, 0) is 54.8 Å². The molecule has 33 heavy (non-hydrogen) atoms. The summed E-state index contributed by atoms with van der Waals surface area (Å²) < 4.78 is 5.90. The molecule has 1 aromatic heterocycles. The number of ether oxygens (including phenoxy) is 1. The first-order valence-corrected chi connectivity index (χ1v) is 12.3. The number of halogens is 1. The number of benzene rings is 2. The number of aromatic nitrogens is 1. The van der Waals surface area contributed by atoms with Gasteiger partial charge in [-0.2, -0.15) is 0 Å². The smallest absolute Gasteiger partial charge is 0.254 e. The van der Waals surface area contributed by atoms with Crippen LogP contribution in [0.4, 0.5) is 5.69 Å². The molecule has 0 unspecified atom stereocenters. The zero-order valence-electron chi connectivity index (χ0n) is 18.9. The lowest BCUT2D eigenvalue weighted by molar-refractivity contribution is 0.0737. The number of amides is 1. The molecule has 5 rings (SSSR count). The van der Waals surface area contributed by atoms with Crippen LogP contribution in [0.3, 0.4) is 0 Å². The summed E-state index contributed by atoms with van der Waals surface area (Å²) in [6, 6.07) is 14.0. The number of nitrogens with zero attached hydrogens (tertiary/aromatic N) is 3. The summed E-state index contributed by atoms with van der Waals surface area (Å²) in [5.41, 5.74) is 2.88. The number of hydrogen-bond donors (Lipinski definition) is 0. The zero-order valence-corrected chi connectivity index (χ0v) is 19.6. The Balaban J connectivity index is 1.34. The number of piperidine rings is 1. The van der Waals surface area contributed by atoms with Gasteiger partial charge in [-0.15, -0.1) is 0 Å². The predicted molar refractivity (Wildman–Crippen MR) is 133 cm³/mol. The van der Waals surface area contributed by atoms with Gasteiger partial charge in [-0.3, -0.25) is 9.78 Å². The number of rotatable bonds is 4. The van der Waals surface area contributed by atoms with Crippen LogP contribution in [0.15, 0.2) is 54.9 Å². The maximum atomic E-state index is 13.5. The molecule has 0 spiro atoms. The minimum absolute atomic E-state index is 0.0523. The monoisotopic (exact) mass is 463 g/mol. The number of carbonyl (C=O) groups excluding carboxylic acids is 1. The van der Waals surface area contributed by atoms with Crippen LogP contribution in [0, 0.1) is 5.92 Å². The van der Waals surface area contributed by atoms with Gasteiger partial charge in [0.25, 0.3) is 5.91 Å². The first-order valence-electron chi connectivity index (χ1n) is 11.9. The van der Waals surface area contributed by atoms with E-state index in [0.717, 1.165) is 30.6 Å². The van der Waals surface area contributed by atoms with Crippen molar-refractivity contribution in [2.45, 2.75) is 25.7 Å². The van der Waals surface area contributed by atoms with Crippen LogP contribution in [-0.4, -0.2) is 55.2 Å². The molecule has 0 N–H and O–H groups in total. The highest BCUT2D eigenvalue weighted by Crippen LogP contribution is 2.30. The SMILES string of the molecule is O=C(c1ccc(Cl)c(N2CCCCC2)c1)N1CCOC[C@@H](Cc2cncc3ccccc23)C1. The fourth-order valence-corrected chi connectivity index (χ4v) is 5.28. The molecule has 1 amide bonds. The van der Waals surface area contributed by atoms with Crippen molar-refractivity contribution in [3.05, 3.63) is 71.0 Å². The van der Waals surface area contributed by atoms with E-state index in [1.165, 1.54) is 30.2 Å². The Bertz CT molecular complexity index is 1120. The molecule has 0 aliphatic carbocycles. The summed E-state index contributed by atoms with van der Waals surface area (Å²) in [5.74, 6) is 0.273. The van der Waals surface area contributed by atoms with E-state index < -0.39 is 0 Å². The highest BCUT2D eigenvalue weighted by molar-refractivity contribution is 6.33. The Morgan fingerprint density at radius 3 is 2.79 bits per heavy atom.